The first-order valence-corrected chi connectivity index (χ1v) is 12.1. The molecule has 2 aliphatic heterocycles. The Morgan fingerprint density at radius 2 is 1.42 bits per heavy atom. The molecule has 2 saturated heterocycles. The SMILES string of the molecule is O=C(N[C@@H](C(=O)N1CCCCC1)C1CCN(C(=O)c2ccc(Cl)cc2)CC1)c1ccccc1. The lowest BCUT2D eigenvalue weighted by Gasteiger charge is -2.38. The minimum absolute atomic E-state index is 0.00135. The molecule has 3 amide bonds. The van der Waals surface area contributed by atoms with Crippen LogP contribution in [0.1, 0.15) is 52.8 Å². The van der Waals surface area contributed by atoms with E-state index in [1.54, 1.807) is 36.4 Å². The molecule has 2 aromatic rings. The van der Waals surface area contributed by atoms with Crippen LogP contribution in [0.4, 0.5) is 0 Å². The Hall–Kier alpha value is -2.86. The number of nitrogens with zero attached hydrogens (tertiary/aromatic N) is 2. The highest BCUT2D eigenvalue weighted by Crippen LogP contribution is 2.25. The van der Waals surface area contributed by atoms with Gasteiger partial charge in [-0.1, -0.05) is 29.8 Å². The van der Waals surface area contributed by atoms with Crippen LogP contribution < -0.4 is 5.32 Å². The second-order valence-corrected chi connectivity index (χ2v) is 9.28. The molecule has 2 fully saturated rings. The van der Waals surface area contributed by atoms with E-state index in [9.17, 15) is 14.4 Å². The highest BCUT2D eigenvalue weighted by molar-refractivity contribution is 6.30. The molecule has 2 aliphatic rings. The Kier molecular flexibility index (Phi) is 7.65. The summed E-state index contributed by atoms with van der Waals surface area (Å²) in [5.41, 5.74) is 1.15. The highest BCUT2D eigenvalue weighted by atomic mass is 35.5. The monoisotopic (exact) mass is 467 g/mol. The van der Waals surface area contributed by atoms with Crippen molar-refractivity contribution in [1.29, 1.82) is 0 Å². The van der Waals surface area contributed by atoms with Crippen LogP contribution in [-0.4, -0.2) is 59.7 Å². The van der Waals surface area contributed by atoms with E-state index in [1.165, 1.54) is 0 Å². The Bertz CT molecular complexity index is 966. The van der Waals surface area contributed by atoms with E-state index >= 15 is 0 Å². The third kappa shape index (κ3) is 5.74. The fourth-order valence-corrected chi connectivity index (χ4v) is 4.84. The van der Waals surface area contributed by atoms with E-state index < -0.39 is 6.04 Å². The van der Waals surface area contributed by atoms with Crippen LogP contribution in [0.25, 0.3) is 0 Å². The zero-order chi connectivity index (χ0) is 23.2. The van der Waals surface area contributed by atoms with Gasteiger partial charge in [-0.2, -0.15) is 0 Å². The van der Waals surface area contributed by atoms with Gasteiger partial charge in [-0.15, -0.1) is 0 Å². The first kappa shape index (κ1) is 23.3. The van der Waals surface area contributed by atoms with Crippen molar-refractivity contribution in [3.63, 3.8) is 0 Å². The Morgan fingerprint density at radius 3 is 2.06 bits per heavy atom. The molecule has 0 radical (unpaired) electrons. The number of halogens is 1. The number of piperidine rings is 2. The van der Waals surface area contributed by atoms with Crippen LogP contribution in [0.15, 0.2) is 54.6 Å². The van der Waals surface area contributed by atoms with Crippen molar-refractivity contribution in [1.82, 2.24) is 15.1 Å². The second-order valence-electron chi connectivity index (χ2n) is 8.84. The molecule has 0 unspecified atom stereocenters. The summed E-state index contributed by atoms with van der Waals surface area (Å²) in [7, 11) is 0. The van der Waals surface area contributed by atoms with Crippen LogP contribution >= 0.6 is 11.6 Å². The Labute approximate surface area is 199 Å². The molecule has 0 aliphatic carbocycles. The number of rotatable bonds is 5. The quantitative estimate of drug-likeness (QED) is 0.722. The standard InChI is InChI=1S/C26H30ClN3O3/c27-22-11-9-21(10-12-22)25(32)30-17-13-19(14-18-30)23(26(33)29-15-5-2-6-16-29)28-24(31)20-7-3-1-4-8-20/h1,3-4,7-12,19,23H,2,5-6,13-18H2,(H,28,31)/t23-/m1/s1. The minimum Gasteiger partial charge on any atom is -0.341 e. The molecule has 33 heavy (non-hydrogen) atoms. The van der Waals surface area contributed by atoms with Crippen molar-refractivity contribution in [2.24, 2.45) is 5.92 Å². The highest BCUT2D eigenvalue weighted by Gasteiger charge is 2.36. The predicted octanol–water partition coefficient (Wildman–Crippen LogP) is 4.00. The zero-order valence-electron chi connectivity index (χ0n) is 18.7. The minimum atomic E-state index is -0.580. The molecule has 6 nitrogen and oxygen atoms in total. The van der Waals surface area contributed by atoms with Crippen molar-refractivity contribution >= 4 is 29.3 Å². The number of hydrogen-bond donors (Lipinski definition) is 1. The van der Waals surface area contributed by atoms with E-state index in [4.69, 9.17) is 11.6 Å². The average molecular weight is 468 g/mol. The number of amides is 3. The predicted molar refractivity (Wildman–Crippen MR) is 128 cm³/mol. The summed E-state index contributed by atoms with van der Waals surface area (Å²) in [5, 5.41) is 3.63. The van der Waals surface area contributed by atoms with Crippen molar-refractivity contribution in [2.45, 2.75) is 38.1 Å². The number of carbonyl (C=O) groups excluding carboxylic acids is 3. The van der Waals surface area contributed by atoms with Gasteiger partial charge in [0, 0.05) is 42.3 Å². The lowest BCUT2D eigenvalue weighted by Crippen LogP contribution is -2.55. The molecule has 0 spiro atoms. The summed E-state index contributed by atoms with van der Waals surface area (Å²) in [6.07, 6.45) is 4.46. The lowest BCUT2D eigenvalue weighted by atomic mass is 9.87. The van der Waals surface area contributed by atoms with Crippen LogP contribution in [0, 0.1) is 5.92 Å². The molecular weight excluding hydrogens is 438 g/mol. The van der Waals surface area contributed by atoms with Gasteiger partial charge in [-0.25, -0.2) is 0 Å². The number of carbonyl (C=O) groups is 3. The van der Waals surface area contributed by atoms with Crippen molar-refractivity contribution in [2.75, 3.05) is 26.2 Å². The van der Waals surface area contributed by atoms with Gasteiger partial charge in [0.25, 0.3) is 11.8 Å². The maximum absolute atomic E-state index is 13.5. The van der Waals surface area contributed by atoms with Gasteiger partial charge < -0.3 is 15.1 Å². The maximum atomic E-state index is 13.5. The molecule has 1 atom stereocenters. The number of nitrogens with one attached hydrogen (secondary N) is 1. The van der Waals surface area contributed by atoms with Crippen LogP contribution in [-0.2, 0) is 4.79 Å². The summed E-state index contributed by atoms with van der Waals surface area (Å²) >= 11 is 5.94. The van der Waals surface area contributed by atoms with Crippen molar-refractivity contribution < 1.29 is 14.4 Å². The Balaban J connectivity index is 1.45. The molecule has 0 aromatic heterocycles. The molecule has 2 heterocycles. The zero-order valence-corrected chi connectivity index (χ0v) is 19.5. The second kappa shape index (κ2) is 10.8. The largest absolute Gasteiger partial charge is 0.341 e. The molecule has 0 saturated carbocycles. The molecule has 2 aromatic carbocycles. The maximum Gasteiger partial charge on any atom is 0.253 e. The van der Waals surface area contributed by atoms with Gasteiger partial charge in [0.2, 0.25) is 5.91 Å². The van der Waals surface area contributed by atoms with Crippen LogP contribution in [0.2, 0.25) is 5.02 Å². The summed E-state index contributed by atoms with van der Waals surface area (Å²) in [5.74, 6) is -0.272. The number of likely N-dealkylation sites (tertiary alicyclic amines) is 2. The van der Waals surface area contributed by atoms with E-state index in [2.05, 4.69) is 5.32 Å². The van der Waals surface area contributed by atoms with Gasteiger partial charge in [-0.3, -0.25) is 14.4 Å². The van der Waals surface area contributed by atoms with Gasteiger partial charge >= 0.3 is 0 Å². The van der Waals surface area contributed by atoms with E-state index in [0.717, 1.165) is 32.4 Å². The molecule has 0 bridgehead atoms. The third-order valence-corrected chi connectivity index (χ3v) is 6.90. The van der Waals surface area contributed by atoms with Gasteiger partial charge in [0.05, 0.1) is 0 Å². The van der Waals surface area contributed by atoms with E-state index in [0.29, 0.717) is 42.1 Å². The first-order valence-electron chi connectivity index (χ1n) is 11.7. The summed E-state index contributed by atoms with van der Waals surface area (Å²) in [6.45, 7) is 2.59. The molecular formula is C26H30ClN3O3. The smallest absolute Gasteiger partial charge is 0.253 e. The molecule has 7 heteroatoms. The van der Waals surface area contributed by atoms with Crippen molar-refractivity contribution in [3.8, 4) is 0 Å². The molecule has 174 valence electrons. The summed E-state index contributed by atoms with van der Waals surface area (Å²) < 4.78 is 0. The average Bonchev–Trinajstić information content (AvgIpc) is 2.88. The van der Waals surface area contributed by atoms with Gasteiger partial charge in [0.1, 0.15) is 6.04 Å². The first-order chi connectivity index (χ1) is 16.0. The van der Waals surface area contributed by atoms with E-state index in [1.807, 2.05) is 28.0 Å². The third-order valence-electron chi connectivity index (χ3n) is 6.65. The van der Waals surface area contributed by atoms with Gasteiger partial charge in [0.15, 0.2) is 0 Å². The van der Waals surface area contributed by atoms with Crippen LogP contribution in [0.5, 0.6) is 0 Å². The Morgan fingerprint density at radius 1 is 0.788 bits per heavy atom. The topological polar surface area (TPSA) is 69.7 Å². The summed E-state index contributed by atoms with van der Waals surface area (Å²) in [4.78, 5) is 42.9. The number of hydrogen-bond acceptors (Lipinski definition) is 3. The lowest BCUT2D eigenvalue weighted by molar-refractivity contribution is -0.136. The van der Waals surface area contributed by atoms with Crippen molar-refractivity contribution in [3.05, 3.63) is 70.7 Å². The summed E-state index contributed by atoms with van der Waals surface area (Å²) in [6, 6.07) is 15.3. The fraction of sp³-hybridized carbons (Fsp3) is 0.423. The van der Waals surface area contributed by atoms with Gasteiger partial charge in [-0.05, 0) is 74.4 Å². The fourth-order valence-electron chi connectivity index (χ4n) is 4.72. The molecule has 1 N–H and O–H groups in total. The van der Waals surface area contributed by atoms with E-state index in [-0.39, 0.29) is 23.6 Å². The number of benzene rings is 2. The normalized spacial score (nSPS) is 18.0. The molecule has 4 rings (SSSR count). The van der Waals surface area contributed by atoms with Crippen LogP contribution in [0.3, 0.4) is 0 Å².